The van der Waals surface area contributed by atoms with Gasteiger partial charge in [0.15, 0.2) is 17.3 Å². The first-order valence-electron chi connectivity index (χ1n) is 10.2. The van der Waals surface area contributed by atoms with Crippen LogP contribution in [0.5, 0.6) is 11.5 Å². The molecule has 0 saturated carbocycles. The zero-order chi connectivity index (χ0) is 21.4. The van der Waals surface area contributed by atoms with Crippen molar-refractivity contribution in [1.29, 1.82) is 0 Å². The molecule has 1 aliphatic heterocycles. The lowest BCUT2D eigenvalue weighted by Gasteiger charge is -2.36. The average molecular weight is 414 g/mol. The largest absolute Gasteiger partial charge is 0.493 e. The quantitative estimate of drug-likeness (QED) is 0.604. The van der Waals surface area contributed by atoms with E-state index in [9.17, 15) is 4.79 Å². The molecule has 1 aliphatic carbocycles. The molecule has 1 amide bonds. The van der Waals surface area contributed by atoms with E-state index in [-0.39, 0.29) is 17.7 Å². The van der Waals surface area contributed by atoms with Gasteiger partial charge in [0.1, 0.15) is 0 Å². The maximum Gasteiger partial charge on any atom is 0.252 e. The average Bonchev–Trinajstić information content (AvgIpc) is 2.83. The molecular formula is C24H22N4O3. The second-order valence-corrected chi connectivity index (χ2v) is 7.58. The summed E-state index contributed by atoms with van der Waals surface area (Å²) in [4.78, 5) is 22.5. The summed E-state index contributed by atoms with van der Waals surface area (Å²) in [6.07, 6.45) is 7.24. The highest BCUT2D eigenvalue weighted by molar-refractivity contribution is 6.11. The number of benzene rings is 2. The molecule has 1 aromatic heterocycles. The van der Waals surface area contributed by atoms with Crippen LogP contribution in [0.2, 0.25) is 0 Å². The summed E-state index contributed by atoms with van der Waals surface area (Å²) in [6.45, 7) is 0. The number of amides is 1. The number of hydrogen-bond donors (Lipinski definition) is 0. The molecule has 0 N–H and O–H groups in total. The zero-order valence-corrected chi connectivity index (χ0v) is 17.4. The molecule has 156 valence electrons. The van der Waals surface area contributed by atoms with Gasteiger partial charge in [-0.15, -0.1) is 0 Å². The third-order valence-corrected chi connectivity index (χ3v) is 5.85. The lowest BCUT2D eigenvalue weighted by molar-refractivity contribution is -0.123. The molecule has 0 spiro atoms. The van der Waals surface area contributed by atoms with Crippen molar-refractivity contribution < 1.29 is 14.3 Å². The molecule has 2 aromatic carbocycles. The van der Waals surface area contributed by atoms with E-state index in [2.05, 4.69) is 22.1 Å². The normalized spacial score (nSPS) is 20.4. The summed E-state index contributed by atoms with van der Waals surface area (Å²) < 4.78 is 10.9. The Hall–Kier alpha value is -3.74. The lowest BCUT2D eigenvalue weighted by Crippen LogP contribution is -2.45. The van der Waals surface area contributed by atoms with Crippen LogP contribution < -0.4 is 14.5 Å². The molecule has 0 fully saturated rings. The predicted octanol–water partition coefficient (Wildman–Crippen LogP) is 3.98. The van der Waals surface area contributed by atoms with Crippen LogP contribution in [0.4, 0.5) is 5.82 Å². The second-order valence-electron chi connectivity index (χ2n) is 7.58. The Balaban J connectivity index is 1.64. The first-order chi connectivity index (χ1) is 15.2. The Morgan fingerprint density at radius 1 is 0.935 bits per heavy atom. The lowest BCUT2D eigenvalue weighted by atomic mass is 9.76. The molecule has 0 unspecified atom stereocenters. The fraction of sp³-hybridized carbons (Fsp3) is 0.250. The van der Waals surface area contributed by atoms with Crippen molar-refractivity contribution in [1.82, 2.24) is 9.97 Å². The highest BCUT2D eigenvalue weighted by Gasteiger charge is 2.41. The number of anilines is 1. The van der Waals surface area contributed by atoms with E-state index in [0.717, 1.165) is 28.7 Å². The second kappa shape index (κ2) is 7.83. The summed E-state index contributed by atoms with van der Waals surface area (Å²) in [5, 5.41) is 6.20. The molecule has 0 radical (unpaired) electrons. The van der Waals surface area contributed by atoms with Crippen molar-refractivity contribution in [2.45, 2.75) is 12.8 Å². The van der Waals surface area contributed by atoms with Gasteiger partial charge in [-0.3, -0.25) is 9.78 Å². The number of ether oxygens (including phenoxy) is 2. The van der Waals surface area contributed by atoms with Crippen molar-refractivity contribution in [2.24, 2.45) is 16.9 Å². The minimum atomic E-state index is -0.195. The monoisotopic (exact) mass is 414 g/mol. The molecule has 2 aliphatic rings. The number of hydrazone groups is 1. The third-order valence-electron chi connectivity index (χ3n) is 5.85. The van der Waals surface area contributed by atoms with Crippen molar-refractivity contribution in [3.8, 4) is 11.5 Å². The molecule has 3 aromatic rings. The number of rotatable bonds is 4. The van der Waals surface area contributed by atoms with Gasteiger partial charge in [-0.1, -0.05) is 24.3 Å². The van der Waals surface area contributed by atoms with E-state index in [4.69, 9.17) is 14.6 Å². The summed E-state index contributed by atoms with van der Waals surface area (Å²) in [7, 11) is 3.22. The van der Waals surface area contributed by atoms with Gasteiger partial charge in [-0.2, -0.15) is 10.1 Å². The number of hydrogen-bond acceptors (Lipinski definition) is 6. The van der Waals surface area contributed by atoms with E-state index in [1.807, 2.05) is 42.5 Å². The van der Waals surface area contributed by atoms with Gasteiger partial charge in [0, 0.05) is 11.5 Å². The van der Waals surface area contributed by atoms with Gasteiger partial charge in [-0.05, 0) is 43.2 Å². The number of para-hydroxylation sites is 2. The summed E-state index contributed by atoms with van der Waals surface area (Å²) in [6, 6.07) is 13.3. The number of carbonyl (C=O) groups excluding carboxylic acids is 1. The van der Waals surface area contributed by atoms with Crippen LogP contribution in [-0.4, -0.2) is 35.8 Å². The smallest absolute Gasteiger partial charge is 0.252 e. The van der Waals surface area contributed by atoms with Gasteiger partial charge in [0.05, 0.1) is 43.1 Å². The topological polar surface area (TPSA) is 76.9 Å². The van der Waals surface area contributed by atoms with Crippen LogP contribution in [0.25, 0.3) is 11.0 Å². The maximum absolute atomic E-state index is 13.4. The van der Waals surface area contributed by atoms with E-state index in [1.54, 1.807) is 20.4 Å². The highest BCUT2D eigenvalue weighted by Crippen LogP contribution is 2.38. The molecule has 0 saturated heterocycles. The van der Waals surface area contributed by atoms with Crippen LogP contribution in [-0.2, 0) is 4.79 Å². The van der Waals surface area contributed by atoms with Crippen LogP contribution >= 0.6 is 0 Å². The fourth-order valence-corrected chi connectivity index (χ4v) is 4.26. The summed E-state index contributed by atoms with van der Waals surface area (Å²) in [5.41, 5.74) is 3.23. The number of methoxy groups -OCH3 is 2. The first-order valence-corrected chi connectivity index (χ1v) is 10.2. The van der Waals surface area contributed by atoms with Crippen molar-refractivity contribution in [2.75, 3.05) is 19.2 Å². The van der Waals surface area contributed by atoms with Crippen LogP contribution in [0, 0.1) is 11.8 Å². The van der Waals surface area contributed by atoms with Gasteiger partial charge >= 0.3 is 0 Å². The van der Waals surface area contributed by atoms with E-state index < -0.39 is 0 Å². The molecule has 7 nitrogen and oxygen atoms in total. The first kappa shape index (κ1) is 19.2. The number of fused-ring (bicyclic) bond motifs is 2. The molecular weight excluding hydrogens is 392 g/mol. The Morgan fingerprint density at radius 3 is 2.45 bits per heavy atom. The van der Waals surface area contributed by atoms with E-state index >= 15 is 0 Å². The van der Waals surface area contributed by atoms with Crippen molar-refractivity contribution in [3.05, 3.63) is 66.4 Å². The Bertz CT molecular complexity index is 1220. The maximum atomic E-state index is 13.4. The van der Waals surface area contributed by atoms with Gasteiger partial charge in [0.25, 0.3) is 5.91 Å². The van der Waals surface area contributed by atoms with Crippen molar-refractivity contribution in [3.63, 3.8) is 0 Å². The van der Waals surface area contributed by atoms with E-state index in [0.29, 0.717) is 23.7 Å². The van der Waals surface area contributed by atoms with Crippen LogP contribution in [0.1, 0.15) is 18.4 Å². The standard InChI is InChI=1S/C24H22N4O3/c1-30-20-12-11-15(13-21(20)31-2)23-16-7-3-4-8-17(16)24(29)28(27-23)22-14-25-18-9-5-6-10-19(18)26-22/h3-6,9-14,16-17H,7-8H2,1-2H3/t16-,17+/m1/s1. The third kappa shape index (κ3) is 3.32. The van der Waals surface area contributed by atoms with Crippen LogP contribution in [0.3, 0.4) is 0 Å². The van der Waals surface area contributed by atoms with Crippen LogP contribution in [0.15, 0.2) is 65.9 Å². The summed E-state index contributed by atoms with van der Waals surface area (Å²) in [5.74, 6) is 1.45. The molecule has 0 bridgehead atoms. The SMILES string of the molecule is COc1ccc(C2=NN(c3cnc4ccccc4n3)C(=O)[C@H]3CC=CC[C@@H]23)cc1OC. The number of aromatic nitrogens is 2. The van der Waals surface area contributed by atoms with Gasteiger partial charge in [0.2, 0.25) is 0 Å². The minimum Gasteiger partial charge on any atom is -0.493 e. The number of nitrogens with zero attached hydrogens (tertiary/aromatic N) is 4. The Kier molecular flexibility index (Phi) is 4.86. The highest BCUT2D eigenvalue weighted by atomic mass is 16.5. The molecule has 7 heteroatoms. The predicted molar refractivity (Wildman–Crippen MR) is 118 cm³/mol. The minimum absolute atomic E-state index is 0.000247. The molecule has 31 heavy (non-hydrogen) atoms. The van der Waals surface area contributed by atoms with E-state index in [1.165, 1.54) is 5.01 Å². The fourth-order valence-electron chi connectivity index (χ4n) is 4.26. The summed E-state index contributed by atoms with van der Waals surface area (Å²) >= 11 is 0. The molecule has 5 rings (SSSR count). The van der Waals surface area contributed by atoms with Crippen molar-refractivity contribution >= 4 is 28.5 Å². The number of carbonyl (C=O) groups is 1. The van der Waals surface area contributed by atoms with Gasteiger partial charge in [-0.25, -0.2) is 4.98 Å². The number of allylic oxidation sites excluding steroid dienone is 2. The van der Waals surface area contributed by atoms with Gasteiger partial charge < -0.3 is 9.47 Å². The zero-order valence-electron chi connectivity index (χ0n) is 17.4. The molecule has 2 heterocycles. The Morgan fingerprint density at radius 2 is 1.68 bits per heavy atom. The molecule has 2 atom stereocenters. The Labute approximate surface area is 180 Å².